The number of ether oxygens (including phenoxy) is 1. The molecule has 0 spiro atoms. The molecule has 2 aliphatic rings. The molecule has 3 heteroatoms. The minimum absolute atomic E-state index is 0.0470. The van der Waals surface area contributed by atoms with Gasteiger partial charge in [0.25, 0.3) is 0 Å². The molecular weight excluding hydrogens is 274 g/mol. The van der Waals surface area contributed by atoms with E-state index < -0.39 is 0 Å². The van der Waals surface area contributed by atoms with Crippen LogP contribution in [-0.2, 0) is 14.9 Å². The van der Waals surface area contributed by atoms with Crippen LogP contribution in [0.15, 0.2) is 24.3 Å². The van der Waals surface area contributed by atoms with Crippen molar-refractivity contribution in [3.8, 4) is 0 Å². The van der Waals surface area contributed by atoms with Gasteiger partial charge in [-0.15, -0.1) is 0 Å². The van der Waals surface area contributed by atoms with Crippen molar-refractivity contribution in [2.45, 2.75) is 69.9 Å². The number of carbonyl (C=O) groups excluding carboxylic acids is 1. The third kappa shape index (κ3) is 3.05. The van der Waals surface area contributed by atoms with E-state index in [0.29, 0.717) is 0 Å². The monoisotopic (exact) mass is 301 g/mol. The number of cyclic esters (lactones) is 1. The van der Waals surface area contributed by atoms with Gasteiger partial charge in [-0.3, -0.25) is 4.79 Å². The summed E-state index contributed by atoms with van der Waals surface area (Å²) in [6, 6.07) is 8.61. The van der Waals surface area contributed by atoms with Gasteiger partial charge in [0.15, 0.2) is 0 Å². The summed E-state index contributed by atoms with van der Waals surface area (Å²) < 4.78 is 5.27. The van der Waals surface area contributed by atoms with Gasteiger partial charge in [0, 0.05) is 18.4 Å². The minimum atomic E-state index is -0.127. The molecule has 120 valence electrons. The fourth-order valence-corrected chi connectivity index (χ4v) is 4.18. The van der Waals surface area contributed by atoms with Gasteiger partial charge in [-0.25, -0.2) is 0 Å². The summed E-state index contributed by atoms with van der Waals surface area (Å²) in [4.78, 5) is 11.9. The van der Waals surface area contributed by atoms with Crippen LogP contribution in [0.25, 0.3) is 0 Å². The predicted octanol–water partition coefficient (Wildman–Crippen LogP) is 3.49. The standard InChI is InChI=1S/C19H27NO2/c1-14-8-4-5-9-16(14)19(10-6-3-7-11-19)13-20-17-12-15(2)22-18(17)21/h4-5,8-9,15,17,20H,3,6-7,10-13H2,1-2H3/t15-,17-/m1/s1. The number of carbonyl (C=O) groups is 1. The lowest BCUT2D eigenvalue weighted by molar-refractivity contribution is -0.142. The third-order valence-electron chi connectivity index (χ3n) is 5.38. The Kier molecular flexibility index (Phi) is 4.53. The van der Waals surface area contributed by atoms with Crippen molar-refractivity contribution in [3.05, 3.63) is 35.4 Å². The Labute approximate surface area is 133 Å². The molecule has 0 aromatic heterocycles. The quantitative estimate of drug-likeness (QED) is 0.865. The van der Waals surface area contributed by atoms with Crippen LogP contribution in [0.1, 0.15) is 56.6 Å². The topological polar surface area (TPSA) is 38.3 Å². The maximum atomic E-state index is 11.9. The molecule has 1 aliphatic carbocycles. The second-order valence-corrected chi connectivity index (χ2v) is 7.07. The van der Waals surface area contributed by atoms with Crippen LogP contribution in [0.4, 0.5) is 0 Å². The van der Waals surface area contributed by atoms with Gasteiger partial charge in [-0.1, -0.05) is 43.5 Å². The minimum Gasteiger partial charge on any atom is -0.461 e. The van der Waals surface area contributed by atoms with Crippen LogP contribution in [-0.4, -0.2) is 24.7 Å². The Morgan fingerprint density at radius 2 is 1.95 bits per heavy atom. The number of nitrogens with one attached hydrogen (secondary N) is 1. The van der Waals surface area contributed by atoms with E-state index in [1.807, 2.05) is 6.92 Å². The summed E-state index contributed by atoms with van der Waals surface area (Å²) in [5.74, 6) is -0.0803. The van der Waals surface area contributed by atoms with Gasteiger partial charge < -0.3 is 10.1 Å². The van der Waals surface area contributed by atoms with Crippen LogP contribution in [0.2, 0.25) is 0 Å². The van der Waals surface area contributed by atoms with Crippen LogP contribution in [0.5, 0.6) is 0 Å². The molecule has 0 amide bonds. The van der Waals surface area contributed by atoms with Gasteiger partial charge in [0.1, 0.15) is 12.1 Å². The number of benzene rings is 1. The van der Waals surface area contributed by atoms with Crippen molar-refractivity contribution in [1.29, 1.82) is 0 Å². The van der Waals surface area contributed by atoms with Crippen molar-refractivity contribution in [3.63, 3.8) is 0 Å². The molecule has 1 aliphatic heterocycles. The van der Waals surface area contributed by atoms with Gasteiger partial charge in [-0.2, -0.15) is 0 Å². The Bertz CT molecular complexity index is 534. The lowest BCUT2D eigenvalue weighted by Gasteiger charge is -2.39. The summed E-state index contributed by atoms with van der Waals surface area (Å²) in [7, 11) is 0. The summed E-state index contributed by atoms with van der Waals surface area (Å²) in [6.45, 7) is 5.05. The number of hydrogen-bond donors (Lipinski definition) is 1. The van der Waals surface area contributed by atoms with Crippen molar-refractivity contribution >= 4 is 5.97 Å². The second kappa shape index (κ2) is 6.41. The zero-order valence-corrected chi connectivity index (χ0v) is 13.7. The Hall–Kier alpha value is -1.35. The van der Waals surface area contributed by atoms with E-state index in [9.17, 15) is 4.79 Å². The molecule has 1 saturated carbocycles. The van der Waals surface area contributed by atoms with E-state index in [-0.39, 0.29) is 23.5 Å². The highest BCUT2D eigenvalue weighted by Crippen LogP contribution is 2.40. The van der Waals surface area contributed by atoms with Crippen LogP contribution >= 0.6 is 0 Å². The molecular formula is C19H27NO2. The van der Waals surface area contributed by atoms with Crippen LogP contribution in [0, 0.1) is 6.92 Å². The predicted molar refractivity (Wildman–Crippen MR) is 87.9 cm³/mol. The summed E-state index contributed by atoms with van der Waals surface area (Å²) >= 11 is 0. The van der Waals surface area contributed by atoms with Crippen molar-refractivity contribution < 1.29 is 9.53 Å². The Balaban J connectivity index is 1.78. The van der Waals surface area contributed by atoms with Crippen LogP contribution in [0.3, 0.4) is 0 Å². The highest BCUT2D eigenvalue weighted by Gasteiger charge is 2.38. The summed E-state index contributed by atoms with van der Waals surface area (Å²) in [5.41, 5.74) is 3.01. The number of esters is 1. The molecule has 3 nitrogen and oxygen atoms in total. The van der Waals surface area contributed by atoms with Gasteiger partial charge >= 0.3 is 5.97 Å². The largest absolute Gasteiger partial charge is 0.461 e. The number of rotatable bonds is 4. The molecule has 0 radical (unpaired) electrons. The third-order valence-corrected chi connectivity index (χ3v) is 5.38. The van der Waals surface area contributed by atoms with E-state index in [1.165, 1.54) is 43.2 Å². The van der Waals surface area contributed by atoms with Crippen molar-refractivity contribution in [1.82, 2.24) is 5.32 Å². The highest BCUT2D eigenvalue weighted by atomic mass is 16.6. The first kappa shape index (κ1) is 15.5. The molecule has 1 N–H and O–H groups in total. The van der Waals surface area contributed by atoms with Crippen LogP contribution < -0.4 is 5.32 Å². The number of hydrogen-bond acceptors (Lipinski definition) is 3. The van der Waals surface area contributed by atoms with Crippen molar-refractivity contribution in [2.24, 2.45) is 0 Å². The molecule has 2 fully saturated rings. The molecule has 1 aromatic carbocycles. The smallest absolute Gasteiger partial charge is 0.323 e. The fraction of sp³-hybridized carbons (Fsp3) is 0.632. The summed E-state index contributed by atoms with van der Waals surface area (Å²) in [6.07, 6.45) is 7.15. The maximum absolute atomic E-state index is 11.9. The lowest BCUT2D eigenvalue weighted by Crippen LogP contribution is -2.45. The molecule has 2 atom stereocenters. The summed E-state index contributed by atoms with van der Waals surface area (Å²) in [5, 5.41) is 3.52. The first-order chi connectivity index (χ1) is 10.6. The Morgan fingerprint density at radius 3 is 2.59 bits per heavy atom. The van der Waals surface area contributed by atoms with Crippen molar-refractivity contribution in [2.75, 3.05) is 6.54 Å². The average Bonchev–Trinajstić information content (AvgIpc) is 2.84. The van der Waals surface area contributed by atoms with E-state index in [0.717, 1.165) is 13.0 Å². The zero-order chi connectivity index (χ0) is 15.6. The maximum Gasteiger partial charge on any atom is 0.323 e. The van der Waals surface area contributed by atoms with E-state index in [4.69, 9.17) is 4.74 Å². The van der Waals surface area contributed by atoms with E-state index in [1.54, 1.807) is 0 Å². The van der Waals surface area contributed by atoms with Gasteiger partial charge in [0.2, 0.25) is 0 Å². The fourth-order valence-electron chi connectivity index (χ4n) is 4.18. The van der Waals surface area contributed by atoms with Gasteiger partial charge in [-0.05, 0) is 37.8 Å². The first-order valence-corrected chi connectivity index (χ1v) is 8.61. The normalized spacial score (nSPS) is 27.6. The number of aryl methyl sites for hydroxylation is 1. The molecule has 0 unspecified atom stereocenters. The van der Waals surface area contributed by atoms with E-state index in [2.05, 4.69) is 36.5 Å². The van der Waals surface area contributed by atoms with Gasteiger partial charge in [0.05, 0.1) is 0 Å². The zero-order valence-electron chi connectivity index (χ0n) is 13.7. The first-order valence-electron chi connectivity index (χ1n) is 8.61. The SMILES string of the molecule is Cc1ccccc1C1(CN[C@@H]2C[C@@H](C)OC2=O)CCCCC1. The molecule has 3 rings (SSSR count). The second-order valence-electron chi connectivity index (χ2n) is 7.07. The highest BCUT2D eigenvalue weighted by molar-refractivity contribution is 5.77. The van der Waals surface area contributed by atoms with E-state index >= 15 is 0 Å². The molecule has 1 saturated heterocycles. The Morgan fingerprint density at radius 1 is 1.23 bits per heavy atom. The molecule has 0 bridgehead atoms. The molecule has 1 aromatic rings. The molecule has 1 heterocycles. The average molecular weight is 301 g/mol. The lowest BCUT2D eigenvalue weighted by atomic mass is 9.68. The molecule has 22 heavy (non-hydrogen) atoms.